The molecule has 0 unspecified atom stereocenters. The first kappa shape index (κ1) is 23.8. The highest BCUT2D eigenvalue weighted by molar-refractivity contribution is 14.0. The summed E-state index contributed by atoms with van der Waals surface area (Å²) in [6, 6.07) is 3.61. The first-order valence-corrected chi connectivity index (χ1v) is 8.62. The molecule has 0 atom stereocenters. The van der Waals surface area contributed by atoms with E-state index in [4.69, 9.17) is 18.7 Å². The number of hydrogen-bond acceptors (Lipinski definition) is 7. The van der Waals surface area contributed by atoms with E-state index in [-0.39, 0.29) is 29.9 Å². The van der Waals surface area contributed by atoms with Gasteiger partial charge in [0.05, 0.1) is 21.3 Å². The number of aliphatic imine (C=N–C) groups is 1. The van der Waals surface area contributed by atoms with Gasteiger partial charge in [0, 0.05) is 43.8 Å². The average molecular weight is 505 g/mol. The van der Waals surface area contributed by atoms with Crippen LogP contribution in [0, 0.1) is 0 Å². The van der Waals surface area contributed by atoms with Crippen molar-refractivity contribution in [3.05, 3.63) is 23.8 Å². The van der Waals surface area contributed by atoms with Crippen molar-refractivity contribution in [3.8, 4) is 17.2 Å². The molecule has 10 heteroatoms. The molecule has 0 saturated heterocycles. The Balaban J connectivity index is 0.00000392. The van der Waals surface area contributed by atoms with Crippen LogP contribution in [-0.4, -0.2) is 51.0 Å². The lowest BCUT2D eigenvalue weighted by Gasteiger charge is -2.16. The number of methoxy groups -OCH3 is 3. The molecule has 0 aliphatic rings. The van der Waals surface area contributed by atoms with Gasteiger partial charge in [0.15, 0.2) is 23.3 Å². The molecule has 2 aromatic rings. The number of guanidine groups is 1. The van der Waals surface area contributed by atoms with Crippen LogP contribution < -0.4 is 24.8 Å². The van der Waals surface area contributed by atoms with E-state index in [1.807, 2.05) is 13.8 Å². The highest BCUT2D eigenvalue weighted by Crippen LogP contribution is 2.39. The Labute approximate surface area is 182 Å². The maximum atomic E-state index is 5.36. The minimum Gasteiger partial charge on any atom is -0.493 e. The molecule has 156 valence electrons. The molecule has 0 radical (unpaired) electrons. The zero-order valence-electron chi connectivity index (χ0n) is 17.0. The number of anilines is 1. The van der Waals surface area contributed by atoms with Gasteiger partial charge in [-0.3, -0.25) is 4.99 Å². The highest BCUT2D eigenvalue weighted by Gasteiger charge is 2.14. The third-order valence-corrected chi connectivity index (χ3v) is 3.78. The lowest BCUT2D eigenvalue weighted by atomic mass is 10.2. The molecular formula is C18H28IN5O4. The number of rotatable bonds is 8. The zero-order chi connectivity index (χ0) is 19.8. The van der Waals surface area contributed by atoms with Crippen LogP contribution in [0.1, 0.15) is 31.5 Å². The van der Waals surface area contributed by atoms with E-state index in [0.29, 0.717) is 47.9 Å². The summed E-state index contributed by atoms with van der Waals surface area (Å²) in [4.78, 5) is 8.57. The molecule has 1 aromatic carbocycles. The van der Waals surface area contributed by atoms with E-state index in [2.05, 4.69) is 25.8 Å². The topological polar surface area (TPSA) is 103 Å². The summed E-state index contributed by atoms with van der Waals surface area (Å²) in [7, 11) is 6.40. The maximum Gasteiger partial charge on any atom is 0.228 e. The number of aromatic nitrogens is 2. The van der Waals surface area contributed by atoms with Crippen molar-refractivity contribution in [2.24, 2.45) is 4.99 Å². The van der Waals surface area contributed by atoms with Gasteiger partial charge < -0.3 is 29.4 Å². The van der Waals surface area contributed by atoms with Crippen LogP contribution in [0.15, 0.2) is 21.6 Å². The molecule has 0 amide bonds. The second kappa shape index (κ2) is 11.6. The number of benzene rings is 1. The molecule has 2 N–H and O–H groups in total. The van der Waals surface area contributed by atoms with Crippen LogP contribution in [0.4, 0.5) is 5.69 Å². The van der Waals surface area contributed by atoms with E-state index in [1.54, 1.807) is 40.5 Å². The van der Waals surface area contributed by atoms with Gasteiger partial charge >= 0.3 is 0 Å². The van der Waals surface area contributed by atoms with E-state index < -0.39 is 0 Å². The quantitative estimate of drug-likeness (QED) is 0.321. The second-order valence-electron chi connectivity index (χ2n) is 5.99. The Morgan fingerprint density at radius 2 is 1.79 bits per heavy atom. The summed E-state index contributed by atoms with van der Waals surface area (Å²) in [5.74, 6) is 3.78. The molecule has 1 aromatic heterocycles. The second-order valence-corrected chi connectivity index (χ2v) is 5.99. The van der Waals surface area contributed by atoms with Gasteiger partial charge in [0.2, 0.25) is 11.6 Å². The summed E-state index contributed by atoms with van der Waals surface area (Å²) in [5, 5.41) is 10.4. The lowest BCUT2D eigenvalue weighted by Crippen LogP contribution is -2.32. The Morgan fingerprint density at radius 3 is 2.25 bits per heavy atom. The van der Waals surface area contributed by atoms with Gasteiger partial charge in [0.25, 0.3) is 0 Å². The van der Waals surface area contributed by atoms with Crippen molar-refractivity contribution in [2.75, 3.05) is 40.2 Å². The molecule has 0 saturated carbocycles. The minimum absolute atomic E-state index is 0. The molecule has 0 fully saturated rings. The van der Waals surface area contributed by atoms with Gasteiger partial charge in [-0.1, -0.05) is 19.0 Å². The van der Waals surface area contributed by atoms with E-state index in [9.17, 15) is 0 Å². The fraction of sp³-hybridized carbons (Fsp3) is 0.500. The fourth-order valence-corrected chi connectivity index (χ4v) is 2.36. The standard InChI is InChI=1S/C18H27N5O4.HI/c1-11(2)17-22-15(27-23-17)7-8-20-18(19-3)21-12-9-13(24-4)16(26-6)14(10-12)25-5;/h9-11H,7-8H2,1-6H3,(H2,19,20,21);1H. The summed E-state index contributed by atoms with van der Waals surface area (Å²) < 4.78 is 21.3. The number of ether oxygens (including phenoxy) is 3. The fourth-order valence-electron chi connectivity index (χ4n) is 2.36. The normalized spacial score (nSPS) is 11.0. The molecule has 0 bridgehead atoms. The van der Waals surface area contributed by atoms with Crippen molar-refractivity contribution >= 4 is 35.6 Å². The van der Waals surface area contributed by atoms with Crippen molar-refractivity contribution in [1.82, 2.24) is 15.5 Å². The molecule has 0 aliphatic heterocycles. The third kappa shape index (κ3) is 6.14. The number of halogens is 1. The maximum absolute atomic E-state index is 5.36. The SMILES string of the molecule is CN=C(NCCc1nc(C(C)C)no1)Nc1cc(OC)c(OC)c(OC)c1.I. The molecule has 2 rings (SSSR count). The molecular weight excluding hydrogens is 477 g/mol. The van der Waals surface area contributed by atoms with Crippen molar-refractivity contribution < 1.29 is 18.7 Å². The first-order valence-electron chi connectivity index (χ1n) is 8.62. The number of hydrogen-bond donors (Lipinski definition) is 2. The van der Waals surface area contributed by atoms with Crippen LogP contribution >= 0.6 is 24.0 Å². The average Bonchev–Trinajstić information content (AvgIpc) is 3.15. The molecule has 9 nitrogen and oxygen atoms in total. The van der Waals surface area contributed by atoms with Gasteiger partial charge in [-0.05, 0) is 0 Å². The Hall–Kier alpha value is -2.24. The highest BCUT2D eigenvalue weighted by atomic mass is 127. The summed E-state index contributed by atoms with van der Waals surface area (Å²) in [6.45, 7) is 4.63. The largest absolute Gasteiger partial charge is 0.493 e. The summed E-state index contributed by atoms with van der Waals surface area (Å²) >= 11 is 0. The zero-order valence-corrected chi connectivity index (χ0v) is 19.4. The van der Waals surface area contributed by atoms with Crippen LogP contribution in [0.25, 0.3) is 0 Å². The van der Waals surface area contributed by atoms with Crippen molar-refractivity contribution in [1.29, 1.82) is 0 Å². The molecule has 1 heterocycles. The van der Waals surface area contributed by atoms with Gasteiger partial charge in [-0.15, -0.1) is 24.0 Å². The van der Waals surface area contributed by atoms with E-state index >= 15 is 0 Å². The first-order chi connectivity index (χ1) is 13.0. The number of nitrogens with zero attached hydrogens (tertiary/aromatic N) is 3. The van der Waals surface area contributed by atoms with Gasteiger partial charge in [-0.2, -0.15) is 4.98 Å². The van der Waals surface area contributed by atoms with Crippen molar-refractivity contribution in [3.63, 3.8) is 0 Å². The van der Waals surface area contributed by atoms with Gasteiger partial charge in [-0.25, -0.2) is 0 Å². The smallest absolute Gasteiger partial charge is 0.228 e. The lowest BCUT2D eigenvalue weighted by molar-refractivity contribution is 0.324. The Morgan fingerprint density at radius 1 is 1.14 bits per heavy atom. The molecule has 28 heavy (non-hydrogen) atoms. The minimum atomic E-state index is 0. The van der Waals surface area contributed by atoms with Gasteiger partial charge in [0.1, 0.15) is 0 Å². The summed E-state index contributed by atoms with van der Waals surface area (Å²) in [6.07, 6.45) is 0.593. The van der Waals surface area contributed by atoms with Crippen LogP contribution in [0.2, 0.25) is 0 Å². The third-order valence-electron chi connectivity index (χ3n) is 3.78. The number of nitrogens with one attached hydrogen (secondary N) is 2. The summed E-state index contributed by atoms with van der Waals surface area (Å²) in [5.41, 5.74) is 0.748. The molecule has 0 spiro atoms. The van der Waals surface area contributed by atoms with Crippen LogP contribution in [0.3, 0.4) is 0 Å². The van der Waals surface area contributed by atoms with E-state index in [1.165, 1.54) is 0 Å². The van der Waals surface area contributed by atoms with Crippen LogP contribution in [0.5, 0.6) is 17.2 Å². The predicted octanol–water partition coefficient (Wildman–Crippen LogP) is 3.07. The van der Waals surface area contributed by atoms with Crippen molar-refractivity contribution in [2.45, 2.75) is 26.2 Å². The monoisotopic (exact) mass is 505 g/mol. The van der Waals surface area contributed by atoms with Crippen LogP contribution in [-0.2, 0) is 6.42 Å². The Kier molecular flexibility index (Phi) is 9.83. The Bertz CT molecular complexity index is 754. The van der Waals surface area contributed by atoms with E-state index in [0.717, 1.165) is 5.69 Å². The molecule has 0 aliphatic carbocycles. The predicted molar refractivity (Wildman–Crippen MR) is 119 cm³/mol.